The van der Waals surface area contributed by atoms with E-state index in [0.29, 0.717) is 11.6 Å². The summed E-state index contributed by atoms with van der Waals surface area (Å²) in [5.41, 5.74) is 0.379. The lowest BCUT2D eigenvalue weighted by Gasteiger charge is -2.21. The van der Waals surface area contributed by atoms with Gasteiger partial charge in [-0.25, -0.2) is 0 Å². The molecule has 2 rings (SSSR count). The maximum atomic E-state index is 12.0. The van der Waals surface area contributed by atoms with E-state index in [2.05, 4.69) is 11.9 Å². The summed E-state index contributed by atoms with van der Waals surface area (Å²) in [5.74, 6) is 0.0104. The lowest BCUT2D eigenvalue weighted by atomic mass is 10.2. The lowest BCUT2D eigenvalue weighted by molar-refractivity contribution is 0.0747. The van der Waals surface area contributed by atoms with E-state index in [1.807, 2.05) is 4.90 Å². The highest BCUT2D eigenvalue weighted by molar-refractivity contribution is 5.94. The Kier molecular flexibility index (Phi) is 2.58. The first-order valence-corrected chi connectivity index (χ1v) is 5.18. The molecule has 0 radical (unpaired) electrons. The average molecular weight is 206 g/mol. The van der Waals surface area contributed by atoms with Gasteiger partial charge in [0.05, 0.1) is 5.56 Å². The number of carbonyl (C=O) groups excluding carboxylic acids is 1. The van der Waals surface area contributed by atoms with Crippen molar-refractivity contribution in [2.45, 2.75) is 25.8 Å². The molecule has 1 fully saturated rings. The van der Waals surface area contributed by atoms with Gasteiger partial charge in [0.25, 0.3) is 5.91 Å². The first kappa shape index (κ1) is 9.96. The SMILES string of the molecule is CC1CCCN1C(=O)c1ccc(=O)[nH]c1. The molecule has 1 aromatic rings. The highest BCUT2D eigenvalue weighted by Gasteiger charge is 2.25. The Morgan fingerprint density at radius 3 is 2.87 bits per heavy atom. The molecular weight excluding hydrogens is 192 g/mol. The average Bonchev–Trinajstić information content (AvgIpc) is 2.65. The summed E-state index contributed by atoms with van der Waals surface area (Å²) in [6, 6.07) is 3.27. The van der Waals surface area contributed by atoms with E-state index < -0.39 is 0 Å². The zero-order valence-electron chi connectivity index (χ0n) is 8.69. The second-order valence-corrected chi connectivity index (χ2v) is 3.93. The molecule has 1 saturated heterocycles. The van der Waals surface area contributed by atoms with Crippen molar-refractivity contribution >= 4 is 5.91 Å². The maximum absolute atomic E-state index is 12.0. The summed E-state index contributed by atoms with van der Waals surface area (Å²) >= 11 is 0. The van der Waals surface area contributed by atoms with Gasteiger partial charge in [0.15, 0.2) is 0 Å². The molecular formula is C11H14N2O2. The van der Waals surface area contributed by atoms with Gasteiger partial charge in [0.1, 0.15) is 0 Å². The fourth-order valence-electron chi connectivity index (χ4n) is 1.94. The predicted octanol–water partition coefficient (Wildman–Crippen LogP) is 0.999. The number of carbonyl (C=O) groups is 1. The van der Waals surface area contributed by atoms with Crippen molar-refractivity contribution in [3.8, 4) is 0 Å². The number of nitrogens with zero attached hydrogens (tertiary/aromatic N) is 1. The maximum Gasteiger partial charge on any atom is 0.255 e. The van der Waals surface area contributed by atoms with Crippen LogP contribution >= 0.6 is 0 Å². The monoisotopic (exact) mass is 206 g/mol. The molecule has 80 valence electrons. The van der Waals surface area contributed by atoms with Gasteiger partial charge < -0.3 is 9.88 Å². The number of nitrogens with one attached hydrogen (secondary N) is 1. The number of likely N-dealkylation sites (tertiary alicyclic amines) is 1. The molecule has 1 N–H and O–H groups in total. The second kappa shape index (κ2) is 3.88. The van der Waals surface area contributed by atoms with Crippen LogP contribution in [0.3, 0.4) is 0 Å². The van der Waals surface area contributed by atoms with Crippen LogP contribution in [0.2, 0.25) is 0 Å². The van der Waals surface area contributed by atoms with E-state index >= 15 is 0 Å². The largest absolute Gasteiger partial charge is 0.336 e. The third-order valence-corrected chi connectivity index (χ3v) is 2.84. The molecule has 15 heavy (non-hydrogen) atoms. The number of aromatic nitrogens is 1. The summed E-state index contributed by atoms with van der Waals surface area (Å²) in [6.07, 6.45) is 3.61. The van der Waals surface area contributed by atoms with Crippen LogP contribution in [0.5, 0.6) is 0 Å². The van der Waals surface area contributed by atoms with Crippen molar-refractivity contribution < 1.29 is 4.79 Å². The third-order valence-electron chi connectivity index (χ3n) is 2.84. The molecule has 4 heteroatoms. The minimum atomic E-state index is -0.180. The predicted molar refractivity (Wildman–Crippen MR) is 56.8 cm³/mol. The molecule has 1 aromatic heterocycles. The smallest absolute Gasteiger partial charge is 0.255 e. The van der Waals surface area contributed by atoms with Gasteiger partial charge >= 0.3 is 0 Å². The van der Waals surface area contributed by atoms with Gasteiger partial charge in [-0.05, 0) is 25.8 Å². The summed E-state index contributed by atoms with van der Waals surface area (Å²) in [6.45, 7) is 2.87. The van der Waals surface area contributed by atoms with Crippen LogP contribution in [0.25, 0.3) is 0 Å². The highest BCUT2D eigenvalue weighted by Crippen LogP contribution is 2.18. The summed E-state index contributed by atoms with van der Waals surface area (Å²) in [7, 11) is 0. The van der Waals surface area contributed by atoms with Crippen molar-refractivity contribution in [3.05, 3.63) is 34.2 Å². The number of pyridine rings is 1. The zero-order valence-corrected chi connectivity index (χ0v) is 8.69. The van der Waals surface area contributed by atoms with Crippen molar-refractivity contribution in [3.63, 3.8) is 0 Å². The molecule has 0 aliphatic carbocycles. The van der Waals surface area contributed by atoms with E-state index in [0.717, 1.165) is 19.4 Å². The number of hydrogen-bond acceptors (Lipinski definition) is 2. The van der Waals surface area contributed by atoms with Crippen LogP contribution in [-0.4, -0.2) is 28.4 Å². The molecule has 4 nitrogen and oxygen atoms in total. The molecule has 0 saturated carbocycles. The van der Waals surface area contributed by atoms with Gasteiger partial charge in [-0.3, -0.25) is 9.59 Å². The Morgan fingerprint density at radius 2 is 2.33 bits per heavy atom. The van der Waals surface area contributed by atoms with Gasteiger partial charge in [-0.15, -0.1) is 0 Å². The number of aromatic amines is 1. The summed E-state index contributed by atoms with van der Waals surface area (Å²) in [5, 5.41) is 0. The molecule has 1 unspecified atom stereocenters. The number of H-pyrrole nitrogens is 1. The van der Waals surface area contributed by atoms with Crippen molar-refractivity contribution in [2.75, 3.05) is 6.54 Å². The van der Waals surface area contributed by atoms with Crippen molar-refractivity contribution in [1.29, 1.82) is 0 Å². The topological polar surface area (TPSA) is 53.2 Å². The second-order valence-electron chi connectivity index (χ2n) is 3.93. The molecule has 1 aliphatic heterocycles. The van der Waals surface area contributed by atoms with E-state index in [-0.39, 0.29) is 11.5 Å². The lowest BCUT2D eigenvalue weighted by Crippen LogP contribution is -2.33. The van der Waals surface area contributed by atoms with Gasteiger partial charge in [0.2, 0.25) is 5.56 Å². The van der Waals surface area contributed by atoms with Crippen LogP contribution in [-0.2, 0) is 0 Å². The minimum Gasteiger partial charge on any atom is -0.336 e. The minimum absolute atomic E-state index is 0.0104. The molecule has 0 aromatic carbocycles. The van der Waals surface area contributed by atoms with Crippen LogP contribution in [0.1, 0.15) is 30.1 Å². The van der Waals surface area contributed by atoms with E-state index in [1.165, 1.54) is 12.3 Å². The highest BCUT2D eigenvalue weighted by atomic mass is 16.2. The Hall–Kier alpha value is -1.58. The Morgan fingerprint density at radius 1 is 1.53 bits per heavy atom. The summed E-state index contributed by atoms with van der Waals surface area (Å²) < 4.78 is 0. The van der Waals surface area contributed by atoms with E-state index in [1.54, 1.807) is 6.07 Å². The standard InChI is InChI=1S/C11H14N2O2/c1-8-3-2-6-13(8)11(15)9-4-5-10(14)12-7-9/h4-5,7-8H,2-3,6H2,1H3,(H,12,14). The van der Waals surface area contributed by atoms with Gasteiger partial charge in [-0.1, -0.05) is 0 Å². The van der Waals surface area contributed by atoms with Crippen LogP contribution in [0.15, 0.2) is 23.1 Å². The summed E-state index contributed by atoms with van der Waals surface area (Å²) in [4.78, 5) is 27.2. The van der Waals surface area contributed by atoms with E-state index in [4.69, 9.17) is 0 Å². The fraction of sp³-hybridized carbons (Fsp3) is 0.455. The molecule has 1 atom stereocenters. The fourth-order valence-corrected chi connectivity index (χ4v) is 1.94. The van der Waals surface area contributed by atoms with Crippen molar-refractivity contribution in [2.24, 2.45) is 0 Å². The molecule has 0 spiro atoms. The normalized spacial score (nSPS) is 20.6. The van der Waals surface area contributed by atoms with Crippen molar-refractivity contribution in [1.82, 2.24) is 9.88 Å². The van der Waals surface area contributed by atoms with Gasteiger partial charge in [0, 0.05) is 24.8 Å². The molecule has 1 aliphatic rings. The Labute approximate surface area is 87.9 Å². The van der Waals surface area contributed by atoms with Crippen LogP contribution in [0, 0.1) is 0 Å². The Balaban J connectivity index is 2.20. The Bertz CT molecular complexity index is 404. The van der Waals surface area contributed by atoms with Crippen LogP contribution in [0.4, 0.5) is 0 Å². The molecule has 0 bridgehead atoms. The number of amides is 1. The molecule has 2 heterocycles. The molecule has 1 amide bonds. The first-order valence-electron chi connectivity index (χ1n) is 5.18. The zero-order chi connectivity index (χ0) is 10.8. The first-order chi connectivity index (χ1) is 7.18. The van der Waals surface area contributed by atoms with E-state index in [9.17, 15) is 9.59 Å². The number of hydrogen-bond donors (Lipinski definition) is 1. The quantitative estimate of drug-likeness (QED) is 0.745. The van der Waals surface area contributed by atoms with Gasteiger partial charge in [-0.2, -0.15) is 0 Å². The van der Waals surface area contributed by atoms with Crippen LogP contribution < -0.4 is 5.56 Å². The number of rotatable bonds is 1. The third kappa shape index (κ3) is 1.93.